The monoisotopic (exact) mass is 195 g/mol. The van der Waals surface area contributed by atoms with E-state index in [4.69, 9.17) is 0 Å². The Hall–Kier alpha value is -0.620. The smallest absolute Gasteiger partial charge is 0.211 e. The number of hydrogen-bond acceptors (Lipinski definition) is 2. The molecule has 1 rings (SSSR count). The minimum absolute atomic E-state index is 0.271. The molecule has 0 amide bonds. The van der Waals surface area contributed by atoms with Crippen LogP contribution in [0.5, 0.6) is 0 Å². The maximum atomic E-state index is 10.3. The van der Waals surface area contributed by atoms with Crippen molar-refractivity contribution in [3.05, 3.63) is 0 Å². The van der Waals surface area contributed by atoms with Gasteiger partial charge >= 0.3 is 0 Å². The van der Waals surface area contributed by atoms with E-state index >= 15 is 0 Å². The van der Waals surface area contributed by atoms with Crippen LogP contribution in [0.2, 0.25) is 0 Å². The molecule has 0 aromatic rings. The van der Waals surface area contributed by atoms with Gasteiger partial charge in [-0.05, 0) is 25.2 Å². The fourth-order valence-electron chi connectivity index (χ4n) is 2.41. The molecule has 0 heterocycles. The molecule has 1 saturated carbocycles. The van der Waals surface area contributed by atoms with Gasteiger partial charge in [-0.25, -0.2) is 9.79 Å². The average molecular weight is 195 g/mol. The molecular weight excluding hydrogens is 174 g/mol. The maximum absolute atomic E-state index is 10.3. The van der Waals surface area contributed by atoms with Crippen LogP contribution < -0.4 is 0 Å². The summed E-state index contributed by atoms with van der Waals surface area (Å²) in [7, 11) is 0. The number of carbonyl (C=O) groups excluding carboxylic acids is 1. The van der Waals surface area contributed by atoms with Gasteiger partial charge in [0.05, 0.1) is 6.04 Å². The zero-order chi connectivity index (χ0) is 10.2. The number of nitrogens with zero attached hydrogens (tertiary/aromatic N) is 1. The molecule has 1 atom stereocenters. The molecule has 80 valence electrons. The topological polar surface area (TPSA) is 29.4 Å². The molecule has 2 nitrogen and oxygen atoms in total. The SMILES string of the molecule is CCCC[C@@H](N=C=O)C1CCCCC1. The predicted molar refractivity (Wildman–Crippen MR) is 58.0 cm³/mol. The van der Waals surface area contributed by atoms with Gasteiger partial charge in [0.2, 0.25) is 6.08 Å². The Labute approximate surface area is 86.8 Å². The molecular formula is C12H21NO. The Balaban J connectivity index is 2.42. The fraction of sp³-hybridized carbons (Fsp3) is 0.917. The molecule has 0 unspecified atom stereocenters. The molecule has 0 spiro atoms. The minimum Gasteiger partial charge on any atom is -0.211 e. The molecule has 0 saturated heterocycles. The summed E-state index contributed by atoms with van der Waals surface area (Å²) in [5.74, 6) is 0.664. The molecule has 0 aliphatic heterocycles. The van der Waals surface area contributed by atoms with Crippen LogP contribution in [0.1, 0.15) is 58.3 Å². The van der Waals surface area contributed by atoms with E-state index in [2.05, 4.69) is 11.9 Å². The zero-order valence-corrected chi connectivity index (χ0v) is 9.17. The maximum Gasteiger partial charge on any atom is 0.235 e. The molecule has 14 heavy (non-hydrogen) atoms. The lowest BCUT2D eigenvalue weighted by Crippen LogP contribution is -2.21. The number of hydrogen-bond donors (Lipinski definition) is 0. The van der Waals surface area contributed by atoms with E-state index in [1.807, 2.05) is 0 Å². The second-order valence-electron chi connectivity index (χ2n) is 4.33. The summed E-state index contributed by atoms with van der Waals surface area (Å²) in [4.78, 5) is 14.3. The second-order valence-corrected chi connectivity index (χ2v) is 4.33. The van der Waals surface area contributed by atoms with Gasteiger partial charge in [-0.3, -0.25) is 0 Å². The lowest BCUT2D eigenvalue weighted by molar-refractivity contribution is 0.292. The molecule has 1 aliphatic carbocycles. The van der Waals surface area contributed by atoms with Gasteiger partial charge in [0.15, 0.2) is 0 Å². The van der Waals surface area contributed by atoms with Gasteiger partial charge in [0, 0.05) is 0 Å². The van der Waals surface area contributed by atoms with Gasteiger partial charge in [-0.15, -0.1) is 0 Å². The Bertz CT molecular complexity index is 190. The highest BCUT2D eigenvalue weighted by atomic mass is 16.1. The highest BCUT2D eigenvalue weighted by molar-refractivity contribution is 5.33. The van der Waals surface area contributed by atoms with Crippen molar-refractivity contribution in [3.63, 3.8) is 0 Å². The van der Waals surface area contributed by atoms with Crippen LogP contribution in [0.4, 0.5) is 0 Å². The van der Waals surface area contributed by atoms with Gasteiger partial charge in [0.1, 0.15) is 0 Å². The van der Waals surface area contributed by atoms with Gasteiger partial charge < -0.3 is 0 Å². The number of aliphatic imine (C=N–C) groups is 1. The third-order valence-corrected chi connectivity index (χ3v) is 3.27. The summed E-state index contributed by atoms with van der Waals surface area (Å²) in [5, 5.41) is 0. The van der Waals surface area contributed by atoms with Crippen molar-refractivity contribution in [1.82, 2.24) is 0 Å². The highest BCUT2D eigenvalue weighted by Gasteiger charge is 2.22. The average Bonchev–Trinajstić information content (AvgIpc) is 2.25. The molecule has 0 aromatic carbocycles. The van der Waals surface area contributed by atoms with Crippen LogP contribution in [0.15, 0.2) is 4.99 Å². The fourth-order valence-corrected chi connectivity index (χ4v) is 2.41. The van der Waals surface area contributed by atoms with Crippen LogP contribution >= 0.6 is 0 Å². The number of rotatable bonds is 5. The number of isocyanates is 1. The molecule has 0 N–H and O–H groups in total. The third kappa shape index (κ3) is 3.63. The first-order chi connectivity index (χ1) is 6.88. The van der Waals surface area contributed by atoms with Crippen molar-refractivity contribution in [2.45, 2.75) is 64.3 Å². The van der Waals surface area contributed by atoms with E-state index in [0.29, 0.717) is 5.92 Å². The van der Waals surface area contributed by atoms with Crippen molar-refractivity contribution in [2.75, 3.05) is 0 Å². The van der Waals surface area contributed by atoms with Crippen LogP contribution in [0.25, 0.3) is 0 Å². The van der Waals surface area contributed by atoms with E-state index in [9.17, 15) is 4.79 Å². The van der Waals surface area contributed by atoms with Gasteiger partial charge in [-0.1, -0.05) is 39.0 Å². The summed E-state index contributed by atoms with van der Waals surface area (Å²) in [6.07, 6.45) is 11.7. The Morgan fingerprint density at radius 1 is 1.36 bits per heavy atom. The lowest BCUT2D eigenvalue weighted by atomic mass is 9.82. The molecule has 0 aromatic heterocycles. The van der Waals surface area contributed by atoms with Crippen LogP contribution in [-0.2, 0) is 4.79 Å². The first-order valence-corrected chi connectivity index (χ1v) is 5.95. The highest BCUT2D eigenvalue weighted by Crippen LogP contribution is 2.30. The van der Waals surface area contributed by atoms with E-state index < -0.39 is 0 Å². The first-order valence-electron chi connectivity index (χ1n) is 5.95. The van der Waals surface area contributed by atoms with Crippen LogP contribution in [0.3, 0.4) is 0 Å². The Morgan fingerprint density at radius 3 is 2.64 bits per heavy atom. The predicted octanol–water partition coefficient (Wildman–Crippen LogP) is 3.46. The van der Waals surface area contributed by atoms with Crippen molar-refractivity contribution in [3.8, 4) is 0 Å². The zero-order valence-electron chi connectivity index (χ0n) is 9.17. The summed E-state index contributed by atoms with van der Waals surface area (Å²) in [6.45, 7) is 2.18. The normalized spacial score (nSPS) is 20.1. The molecule has 0 bridgehead atoms. The Kier molecular flexibility index (Phi) is 5.55. The second kappa shape index (κ2) is 6.78. The van der Waals surface area contributed by atoms with E-state index in [-0.39, 0.29) is 6.04 Å². The molecule has 0 radical (unpaired) electrons. The van der Waals surface area contributed by atoms with E-state index in [0.717, 1.165) is 6.42 Å². The van der Waals surface area contributed by atoms with Crippen molar-refractivity contribution in [2.24, 2.45) is 10.9 Å². The van der Waals surface area contributed by atoms with Crippen molar-refractivity contribution >= 4 is 6.08 Å². The van der Waals surface area contributed by atoms with Gasteiger partial charge in [-0.2, -0.15) is 0 Å². The summed E-state index contributed by atoms with van der Waals surface area (Å²) in [5.41, 5.74) is 0. The van der Waals surface area contributed by atoms with E-state index in [1.54, 1.807) is 6.08 Å². The van der Waals surface area contributed by atoms with Gasteiger partial charge in [0.25, 0.3) is 0 Å². The Morgan fingerprint density at radius 2 is 2.07 bits per heavy atom. The van der Waals surface area contributed by atoms with E-state index in [1.165, 1.54) is 44.9 Å². The van der Waals surface area contributed by atoms with Crippen molar-refractivity contribution < 1.29 is 4.79 Å². The quantitative estimate of drug-likeness (QED) is 0.488. The third-order valence-electron chi connectivity index (χ3n) is 3.27. The van der Waals surface area contributed by atoms with Crippen LogP contribution in [0, 0.1) is 5.92 Å². The summed E-state index contributed by atoms with van der Waals surface area (Å²) in [6, 6.07) is 0.271. The summed E-state index contributed by atoms with van der Waals surface area (Å²) >= 11 is 0. The standard InChI is InChI=1S/C12H21NO/c1-2-3-9-12(13-10-14)11-7-5-4-6-8-11/h11-12H,2-9H2,1H3/t12-/m1/s1. The largest absolute Gasteiger partial charge is 0.235 e. The molecule has 1 aliphatic rings. The lowest BCUT2D eigenvalue weighted by Gasteiger charge is -2.26. The van der Waals surface area contributed by atoms with Crippen molar-refractivity contribution in [1.29, 1.82) is 0 Å². The summed E-state index contributed by atoms with van der Waals surface area (Å²) < 4.78 is 0. The first kappa shape index (κ1) is 11.5. The molecule has 1 fully saturated rings. The number of unbranched alkanes of at least 4 members (excludes halogenated alkanes) is 1. The van der Waals surface area contributed by atoms with Crippen LogP contribution in [-0.4, -0.2) is 12.1 Å². The minimum atomic E-state index is 0.271. The molecule has 2 heteroatoms.